The zero-order valence-electron chi connectivity index (χ0n) is 12.0. The zero-order chi connectivity index (χ0) is 16.1. The minimum atomic E-state index is -0.438. The van der Waals surface area contributed by atoms with E-state index in [0.717, 1.165) is 0 Å². The van der Waals surface area contributed by atoms with E-state index in [0.29, 0.717) is 15.8 Å². The van der Waals surface area contributed by atoms with Crippen LogP contribution in [0.2, 0.25) is 5.02 Å². The molecule has 0 aliphatic heterocycles. The number of rotatable bonds is 4. The molecule has 6 nitrogen and oxygen atoms in total. The Hall–Kier alpha value is -2.12. The van der Waals surface area contributed by atoms with Crippen LogP contribution in [0, 0.1) is 0 Å². The number of nitrogens with zero attached hydrogens (tertiary/aromatic N) is 1. The molecule has 0 atom stereocenters. The SMILES string of the molecule is CC(C)NC(=O)c1csc(NC(=O)Nc2ccc(Cl)cc2)n1. The zero-order valence-corrected chi connectivity index (χ0v) is 13.6. The van der Waals surface area contributed by atoms with E-state index < -0.39 is 6.03 Å². The van der Waals surface area contributed by atoms with Gasteiger partial charge < -0.3 is 10.6 Å². The summed E-state index contributed by atoms with van der Waals surface area (Å²) in [5, 5.41) is 10.5. The number of benzene rings is 1. The molecule has 0 spiro atoms. The van der Waals surface area contributed by atoms with Crippen LogP contribution in [0.5, 0.6) is 0 Å². The summed E-state index contributed by atoms with van der Waals surface area (Å²) in [5.41, 5.74) is 0.886. The topological polar surface area (TPSA) is 83.1 Å². The summed E-state index contributed by atoms with van der Waals surface area (Å²) in [6.45, 7) is 3.73. The molecular weight excluding hydrogens is 324 g/mol. The van der Waals surface area contributed by atoms with Gasteiger partial charge >= 0.3 is 6.03 Å². The smallest absolute Gasteiger partial charge is 0.325 e. The van der Waals surface area contributed by atoms with Crippen molar-refractivity contribution in [3.8, 4) is 0 Å². The number of amides is 3. The van der Waals surface area contributed by atoms with Crippen molar-refractivity contribution in [2.45, 2.75) is 19.9 Å². The molecule has 3 N–H and O–H groups in total. The lowest BCUT2D eigenvalue weighted by Crippen LogP contribution is -2.30. The molecule has 116 valence electrons. The Morgan fingerprint density at radius 1 is 1.18 bits per heavy atom. The van der Waals surface area contributed by atoms with Crippen LogP contribution in [0.15, 0.2) is 29.6 Å². The first-order chi connectivity index (χ1) is 10.4. The average molecular weight is 339 g/mol. The van der Waals surface area contributed by atoms with E-state index >= 15 is 0 Å². The van der Waals surface area contributed by atoms with Gasteiger partial charge in [-0.25, -0.2) is 9.78 Å². The van der Waals surface area contributed by atoms with Gasteiger partial charge in [-0.2, -0.15) is 0 Å². The van der Waals surface area contributed by atoms with Gasteiger partial charge in [0, 0.05) is 22.1 Å². The van der Waals surface area contributed by atoms with E-state index in [1.165, 1.54) is 11.3 Å². The largest absolute Gasteiger partial charge is 0.349 e. The lowest BCUT2D eigenvalue weighted by Gasteiger charge is -2.06. The van der Waals surface area contributed by atoms with Crippen LogP contribution >= 0.6 is 22.9 Å². The minimum absolute atomic E-state index is 0.0267. The van der Waals surface area contributed by atoms with Gasteiger partial charge in [-0.05, 0) is 38.1 Å². The molecular formula is C14H15ClN4O2S. The van der Waals surface area contributed by atoms with E-state index in [4.69, 9.17) is 11.6 Å². The number of hydrogen-bond acceptors (Lipinski definition) is 4. The highest BCUT2D eigenvalue weighted by atomic mass is 35.5. The van der Waals surface area contributed by atoms with E-state index in [-0.39, 0.29) is 17.6 Å². The molecule has 8 heteroatoms. The third-order valence-corrected chi connectivity index (χ3v) is 3.49. The number of hydrogen-bond donors (Lipinski definition) is 3. The molecule has 1 aromatic carbocycles. The van der Waals surface area contributed by atoms with Gasteiger partial charge in [-0.1, -0.05) is 11.6 Å². The molecule has 2 rings (SSSR count). The van der Waals surface area contributed by atoms with Crippen molar-refractivity contribution in [3.63, 3.8) is 0 Å². The lowest BCUT2D eigenvalue weighted by molar-refractivity contribution is 0.0939. The van der Waals surface area contributed by atoms with E-state index in [9.17, 15) is 9.59 Å². The van der Waals surface area contributed by atoms with Gasteiger partial charge in [0.25, 0.3) is 5.91 Å². The second-order valence-electron chi connectivity index (χ2n) is 4.75. The number of urea groups is 1. The Labute approximate surface area is 136 Å². The van der Waals surface area contributed by atoms with Crippen molar-refractivity contribution < 1.29 is 9.59 Å². The summed E-state index contributed by atoms with van der Waals surface area (Å²) in [4.78, 5) is 27.7. The quantitative estimate of drug-likeness (QED) is 0.796. The van der Waals surface area contributed by atoms with Crippen molar-refractivity contribution in [2.75, 3.05) is 10.6 Å². The Kier molecular flexibility index (Phi) is 5.35. The molecule has 2 aromatic rings. The molecule has 0 radical (unpaired) electrons. The van der Waals surface area contributed by atoms with Gasteiger partial charge in [0.15, 0.2) is 5.13 Å². The highest BCUT2D eigenvalue weighted by Crippen LogP contribution is 2.17. The van der Waals surface area contributed by atoms with Crippen molar-refractivity contribution >= 4 is 45.7 Å². The number of carbonyl (C=O) groups is 2. The van der Waals surface area contributed by atoms with Gasteiger partial charge in [0.1, 0.15) is 5.69 Å². The number of halogens is 1. The summed E-state index contributed by atoms with van der Waals surface area (Å²) in [6, 6.07) is 6.31. The predicted octanol–water partition coefficient (Wildman–Crippen LogP) is 3.58. The Morgan fingerprint density at radius 3 is 2.50 bits per heavy atom. The third-order valence-electron chi connectivity index (χ3n) is 2.48. The number of anilines is 2. The van der Waals surface area contributed by atoms with Gasteiger partial charge in [0.05, 0.1) is 0 Å². The molecule has 1 aromatic heterocycles. The number of aromatic nitrogens is 1. The number of nitrogens with one attached hydrogen (secondary N) is 3. The monoisotopic (exact) mass is 338 g/mol. The first-order valence-corrected chi connectivity index (χ1v) is 7.80. The molecule has 0 aliphatic carbocycles. The molecule has 1 heterocycles. The summed E-state index contributed by atoms with van der Waals surface area (Å²) in [5.74, 6) is -0.266. The van der Waals surface area contributed by atoms with Crippen LogP contribution in [0.4, 0.5) is 15.6 Å². The van der Waals surface area contributed by atoms with Crippen LogP contribution in [0.1, 0.15) is 24.3 Å². The molecule has 0 bridgehead atoms. The first kappa shape index (κ1) is 16.3. The van der Waals surface area contributed by atoms with Crippen molar-refractivity contribution in [3.05, 3.63) is 40.4 Å². The fraction of sp³-hybridized carbons (Fsp3) is 0.214. The van der Waals surface area contributed by atoms with Crippen LogP contribution in [-0.4, -0.2) is 23.0 Å². The maximum atomic E-state index is 11.8. The average Bonchev–Trinajstić information content (AvgIpc) is 2.89. The molecule has 0 aliphatic rings. The number of thiazole rings is 1. The fourth-order valence-corrected chi connectivity index (χ4v) is 2.38. The summed E-state index contributed by atoms with van der Waals surface area (Å²) >= 11 is 6.95. The Morgan fingerprint density at radius 2 is 1.86 bits per heavy atom. The highest BCUT2D eigenvalue weighted by Gasteiger charge is 2.13. The molecule has 0 fully saturated rings. The second kappa shape index (κ2) is 7.24. The third kappa shape index (κ3) is 4.71. The second-order valence-corrected chi connectivity index (χ2v) is 6.05. The van der Waals surface area contributed by atoms with Crippen LogP contribution in [0.25, 0.3) is 0 Å². The van der Waals surface area contributed by atoms with Gasteiger partial charge in [-0.15, -0.1) is 11.3 Å². The number of carbonyl (C=O) groups excluding carboxylic acids is 2. The maximum Gasteiger partial charge on any atom is 0.325 e. The van der Waals surface area contributed by atoms with E-state index in [1.807, 2.05) is 13.8 Å². The van der Waals surface area contributed by atoms with E-state index in [1.54, 1.807) is 29.6 Å². The standard InChI is InChI=1S/C14H15ClN4O2S/c1-8(2)16-12(20)11-7-22-14(18-11)19-13(21)17-10-5-3-9(15)4-6-10/h3-8H,1-2H3,(H,16,20)(H2,17,18,19,21). The molecule has 22 heavy (non-hydrogen) atoms. The lowest BCUT2D eigenvalue weighted by atomic mass is 10.3. The Balaban J connectivity index is 1.93. The predicted molar refractivity (Wildman–Crippen MR) is 88.8 cm³/mol. The minimum Gasteiger partial charge on any atom is -0.349 e. The summed E-state index contributed by atoms with van der Waals surface area (Å²) < 4.78 is 0. The van der Waals surface area contributed by atoms with Crippen molar-refractivity contribution in [1.29, 1.82) is 0 Å². The first-order valence-electron chi connectivity index (χ1n) is 6.54. The molecule has 0 unspecified atom stereocenters. The molecule has 0 saturated heterocycles. The van der Waals surface area contributed by atoms with Crippen LogP contribution < -0.4 is 16.0 Å². The van der Waals surface area contributed by atoms with Gasteiger partial charge in [-0.3, -0.25) is 10.1 Å². The Bertz CT molecular complexity index is 670. The normalized spacial score (nSPS) is 10.4. The van der Waals surface area contributed by atoms with E-state index in [2.05, 4.69) is 20.9 Å². The highest BCUT2D eigenvalue weighted by molar-refractivity contribution is 7.14. The molecule has 3 amide bonds. The van der Waals surface area contributed by atoms with Crippen molar-refractivity contribution in [2.24, 2.45) is 0 Å². The summed E-state index contributed by atoms with van der Waals surface area (Å²) in [6.07, 6.45) is 0. The van der Waals surface area contributed by atoms with Crippen LogP contribution in [-0.2, 0) is 0 Å². The van der Waals surface area contributed by atoms with Gasteiger partial charge in [0.2, 0.25) is 0 Å². The van der Waals surface area contributed by atoms with Crippen molar-refractivity contribution in [1.82, 2.24) is 10.3 Å². The summed E-state index contributed by atoms with van der Waals surface area (Å²) in [7, 11) is 0. The fourth-order valence-electron chi connectivity index (χ4n) is 1.56. The molecule has 0 saturated carbocycles. The van der Waals surface area contributed by atoms with Crippen LogP contribution in [0.3, 0.4) is 0 Å². The maximum absolute atomic E-state index is 11.8.